The molecule has 2 N–H and O–H groups in total. The Balaban J connectivity index is 0.000000146. The molecule has 0 aromatic carbocycles. The lowest BCUT2D eigenvalue weighted by molar-refractivity contribution is 0.756. The normalized spacial score (nSPS) is 9.36. The quantitative estimate of drug-likeness (QED) is 0.595. The van der Waals surface area contributed by atoms with Crippen LogP contribution < -0.4 is 5.56 Å². The minimum Gasteiger partial charge on any atom is -0.295 e. The van der Waals surface area contributed by atoms with Crippen LogP contribution in [0.15, 0.2) is 11.0 Å². The van der Waals surface area contributed by atoms with Gasteiger partial charge in [-0.1, -0.05) is 5.21 Å². The molecule has 2 rings (SSSR count). The summed E-state index contributed by atoms with van der Waals surface area (Å²) in [5.41, 5.74) is 0.750. The summed E-state index contributed by atoms with van der Waals surface area (Å²) in [5, 5.41) is 15.3. The topological polar surface area (TPSA) is 92.2 Å². The number of nitrogens with one attached hydrogen (secondary N) is 2. The van der Waals surface area contributed by atoms with Gasteiger partial charge >= 0.3 is 0 Å². The van der Waals surface area contributed by atoms with Gasteiger partial charge in [0.25, 0.3) is 5.56 Å². The lowest BCUT2D eigenvalue weighted by Gasteiger charge is -1.80. The van der Waals surface area contributed by atoms with E-state index in [4.69, 9.17) is 0 Å². The smallest absolute Gasteiger partial charge is 0.266 e. The highest BCUT2D eigenvalue weighted by atomic mass is 16.1. The summed E-state index contributed by atoms with van der Waals surface area (Å²) >= 11 is 0. The van der Waals surface area contributed by atoms with E-state index >= 15 is 0 Å². The Bertz CT molecular complexity index is 425. The van der Waals surface area contributed by atoms with Crippen molar-refractivity contribution in [2.75, 3.05) is 0 Å². The second-order valence-corrected chi connectivity index (χ2v) is 2.82. The molecule has 0 saturated carbocycles. The van der Waals surface area contributed by atoms with Crippen LogP contribution in [0.3, 0.4) is 0 Å². The molecule has 0 aliphatic heterocycles. The van der Waals surface area contributed by atoms with E-state index in [-0.39, 0.29) is 5.56 Å². The summed E-state index contributed by atoms with van der Waals surface area (Å²) in [6.07, 6.45) is 1.75. The zero-order valence-corrected chi connectivity index (χ0v) is 8.27. The van der Waals surface area contributed by atoms with Crippen LogP contribution in [-0.2, 0) is 7.05 Å². The van der Waals surface area contributed by atoms with Crippen LogP contribution in [-0.4, -0.2) is 30.4 Å². The Labute approximate surface area is 80.1 Å². The van der Waals surface area contributed by atoms with Gasteiger partial charge in [-0.05, 0) is 13.8 Å². The van der Waals surface area contributed by atoms with E-state index in [1.54, 1.807) is 31.8 Å². The molecule has 2 aromatic heterocycles. The first kappa shape index (κ1) is 10.2. The molecule has 14 heavy (non-hydrogen) atoms. The summed E-state index contributed by atoms with van der Waals surface area (Å²) in [4.78, 5) is 10.6. The average molecular weight is 196 g/mol. The Morgan fingerprint density at radius 3 is 2.29 bits per heavy atom. The maximum absolute atomic E-state index is 10.6. The van der Waals surface area contributed by atoms with Crippen LogP contribution >= 0.6 is 0 Å². The first-order valence-electron chi connectivity index (χ1n) is 4.02. The Morgan fingerprint density at radius 2 is 2.14 bits per heavy atom. The van der Waals surface area contributed by atoms with Gasteiger partial charge in [0.15, 0.2) is 5.82 Å². The third kappa shape index (κ3) is 2.85. The molecule has 0 aliphatic rings. The Hall–Kier alpha value is -1.92. The molecule has 7 nitrogen and oxygen atoms in total. The number of aromatic amines is 2. The molecule has 0 radical (unpaired) electrons. The van der Waals surface area contributed by atoms with Crippen LogP contribution in [0.25, 0.3) is 0 Å². The van der Waals surface area contributed by atoms with E-state index in [1.165, 1.54) is 0 Å². The van der Waals surface area contributed by atoms with Crippen LogP contribution in [0, 0.1) is 13.8 Å². The number of nitrogens with zero attached hydrogens (tertiary/aromatic N) is 4. The van der Waals surface area contributed by atoms with Gasteiger partial charge in [-0.2, -0.15) is 5.21 Å². The predicted octanol–water partition coefficient (Wildman–Crippen LogP) is -0.470. The molecule has 2 aromatic rings. The van der Waals surface area contributed by atoms with Crippen LogP contribution in [0.1, 0.15) is 11.4 Å². The van der Waals surface area contributed by atoms with E-state index in [1.807, 2.05) is 0 Å². The fraction of sp³-hybridized carbons (Fsp3) is 0.429. The minimum absolute atomic E-state index is 0.00694. The molecule has 0 amide bonds. The van der Waals surface area contributed by atoms with Gasteiger partial charge in [-0.15, -0.1) is 10.2 Å². The molecule has 0 fully saturated rings. The molecule has 0 aliphatic carbocycles. The summed E-state index contributed by atoms with van der Waals surface area (Å²) in [5.74, 6) is 0.676. The Kier molecular flexibility index (Phi) is 3.16. The third-order valence-electron chi connectivity index (χ3n) is 1.47. The average Bonchev–Trinajstić information content (AvgIpc) is 2.65. The van der Waals surface area contributed by atoms with Gasteiger partial charge in [-0.25, -0.2) is 0 Å². The molecule has 0 atom stereocenters. The molecule has 0 saturated heterocycles. The number of hydrogen-bond donors (Lipinski definition) is 2. The first-order chi connectivity index (χ1) is 6.59. The standard InChI is InChI=1S/C5H8N2O.C2H4N4/c1-4-3-7(2)6-5(4)8;1-2-3-5-6-4-2/h3H,1-2H3,(H,6,8);1H3,(H,3,4,5,6). The highest BCUT2D eigenvalue weighted by Crippen LogP contribution is 1.80. The Morgan fingerprint density at radius 1 is 1.43 bits per heavy atom. The van der Waals surface area contributed by atoms with Crippen molar-refractivity contribution in [3.8, 4) is 0 Å². The molecule has 7 heteroatoms. The van der Waals surface area contributed by atoms with E-state index in [2.05, 4.69) is 25.7 Å². The molecular weight excluding hydrogens is 184 g/mol. The highest BCUT2D eigenvalue weighted by molar-refractivity contribution is 4.99. The van der Waals surface area contributed by atoms with Crippen molar-refractivity contribution in [2.45, 2.75) is 13.8 Å². The maximum Gasteiger partial charge on any atom is 0.266 e. The van der Waals surface area contributed by atoms with Crippen molar-refractivity contribution in [3.05, 3.63) is 27.9 Å². The molecular formula is C7H12N6O. The minimum atomic E-state index is -0.00694. The largest absolute Gasteiger partial charge is 0.295 e. The van der Waals surface area contributed by atoms with Crippen molar-refractivity contribution >= 4 is 0 Å². The lowest BCUT2D eigenvalue weighted by atomic mass is 10.4. The van der Waals surface area contributed by atoms with E-state index in [0.717, 1.165) is 5.56 Å². The number of aromatic nitrogens is 6. The van der Waals surface area contributed by atoms with Crippen molar-refractivity contribution in [1.82, 2.24) is 30.4 Å². The predicted molar refractivity (Wildman–Crippen MR) is 49.7 cm³/mol. The van der Waals surface area contributed by atoms with Crippen molar-refractivity contribution in [3.63, 3.8) is 0 Å². The van der Waals surface area contributed by atoms with E-state index < -0.39 is 0 Å². The zero-order chi connectivity index (χ0) is 10.6. The second kappa shape index (κ2) is 4.35. The number of rotatable bonds is 0. The summed E-state index contributed by atoms with van der Waals surface area (Å²) in [6, 6.07) is 0. The van der Waals surface area contributed by atoms with Crippen molar-refractivity contribution in [2.24, 2.45) is 7.05 Å². The third-order valence-corrected chi connectivity index (χ3v) is 1.47. The molecule has 76 valence electrons. The number of H-pyrrole nitrogens is 2. The van der Waals surface area contributed by atoms with Gasteiger partial charge in [0, 0.05) is 18.8 Å². The van der Waals surface area contributed by atoms with Crippen LogP contribution in [0.5, 0.6) is 0 Å². The van der Waals surface area contributed by atoms with Crippen LogP contribution in [0.4, 0.5) is 0 Å². The second-order valence-electron chi connectivity index (χ2n) is 2.82. The van der Waals surface area contributed by atoms with Gasteiger partial charge in [-0.3, -0.25) is 14.6 Å². The van der Waals surface area contributed by atoms with Gasteiger partial charge in [0.1, 0.15) is 0 Å². The molecule has 0 spiro atoms. The fourth-order valence-electron chi connectivity index (χ4n) is 0.842. The van der Waals surface area contributed by atoms with Gasteiger partial charge in [0.2, 0.25) is 0 Å². The summed E-state index contributed by atoms with van der Waals surface area (Å²) in [6.45, 7) is 3.54. The van der Waals surface area contributed by atoms with Crippen molar-refractivity contribution < 1.29 is 0 Å². The monoisotopic (exact) mass is 196 g/mol. The lowest BCUT2D eigenvalue weighted by Crippen LogP contribution is -2.03. The zero-order valence-electron chi connectivity index (χ0n) is 8.27. The summed E-state index contributed by atoms with van der Waals surface area (Å²) < 4.78 is 1.64. The summed E-state index contributed by atoms with van der Waals surface area (Å²) in [7, 11) is 1.79. The van der Waals surface area contributed by atoms with E-state index in [0.29, 0.717) is 5.82 Å². The molecule has 0 bridgehead atoms. The van der Waals surface area contributed by atoms with Gasteiger partial charge in [0.05, 0.1) is 0 Å². The SMILES string of the molecule is Cc1cn(C)[nH]c1=O.Cc1nn[nH]n1. The first-order valence-corrected chi connectivity index (χ1v) is 4.02. The van der Waals surface area contributed by atoms with Crippen molar-refractivity contribution in [1.29, 1.82) is 0 Å². The molecule has 0 unspecified atom stereocenters. The molecule has 2 heterocycles. The number of hydrogen-bond acceptors (Lipinski definition) is 4. The van der Waals surface area contributed by atoms with Gasteiger partial charge < -0.3 is 0 Å². The number of tetrazole rings is 1. The highest BCUT2D eigenvalue weighted by Gasteiger charge is 1.90. The maximum atomic E-state index is 10.6. The fourth-order valence-corrected chi connectivity index (χ4v) is 0.842. The van der Waals surface area contributed by atoms with Crippen LogP contribution in [0.2, 0.25) is 0 Å². The number of aryl methyl sites for hydroxylation is 3. The van der Waals surface area contributed by atoms with E-state index in [9.17, 15) is 4.79 Å².